The van der Waals surface area contributed by atoms with E-state index in [1.165, 1.54) is 5.56 Å². The highest BCUT2D eigenvalue weighted by Crippen LogP contribution is 2.27. The quantitative estimate of drug-likeness (QED) is 0.742. The lowest BCUT2D eigenvalue weighted by atomic mass is 10.2. The Balaban J connectivity index is 1.50. The van der Waals surface area contributed by atoms with Crippen LogP contribution < -0.4 is 4.90 Å². The minimum absolute atomic E-state index is 0.231. The average Bonchev–Trinajstić information content (AvgIpc) is 3.01. The predicted octanol–water partition coefficient (Wildman–Crippen LogP) is 1.62. The average molecular weight is 331 g/mol. The van der Waals surface area contributed by atoms with E-state index in [9.17, 15) is 4.79 Å². The van der Waals surface area contributed by atoms with E-state index < -0.39 is 0 Å². The molecule has 0 saturated carbocycles. The topological polar surface area (TPSA) is 36.0 Å². The van der Waals surface area contributed by atoms with Crippen molar-refractivity contribution in [3.63, 3.8) is 0 Å². The number of hydrogen-bond acceptors (Lipinski definition) is 4. The van der Waals surface area contributed by atoms with Crippen LogP contribution in [0, 0.1) is 0 Å². The van der Waals surface area contributed by atoms with Gasteiger partial charge in [0.05, 0.1) is 13.2 Å². The highest BCUT2D eigenvalue weighted by atomic mass is 16.5. The van der Waals surface area contributed by atoms with Crippen molar-refractivity contribution >= 4 is 11.6 Å². The van der Waals surface area contributed by atoms with Crippen molar-refractivity contribution in [3.05, 3.63) is 29.8 Å². The molecule has 0 aromatic heterocycles. The van der Waals surface area contributed by atoms with Crippen LogP contribution in [0.1, 0.15) is 19.4 Å². The Hall–Kier alpha value is -1.43. The van der Waals surface area contributed by atoms with Crippen molar-refractivity contribution in [1.29, 1.82) is 0 Å². The summed E-state index contributed by atoms with van der Waals surface area (Å²) in [7, 11) is 0. The summed E-state index contributed by atoms with van der Waals surface area (Å²) in [4.78, 5) is 19.4. The summed E-state index contributed by atoms with van der Waals surface area (Å²) in [5.41, 5.74) is 2.39. The van der Waals surface area contributed by atoms with Crippen LogP contribution in [0.3, 0.4) is 0 Å². The normalized spacial score (nSPS) is 21.9. The van der Waals surface area contributed by atoms with Gasteiger partial charge in [0, 0.05) is 51.1 Å². The van der Waals surface area contributed by atoms with Crippen molar-refractivity contribution in [2.24, 2.45) is 0 Å². The minimum atomic E-state index is 0.231. The van der Waals surface area contributed by atoms with Crippen LogP contribution in [-0.4, -0.2) is 74.2 Å². The van der Waals surface area contributed by atoms with Gasteiger partial charge >= 0.3 is 0 Å². The molecule has 1 atom stereocenters. The summed E-state index contributed by atoms with van der Waals surface area (Å²) in [6, 6.07) is 8.73. The Morgan fingerprint density at radius 1 is 1.25 bits per heavy atom. The van der Waals surface area contributed by atoms with Crippen LogP contribution in [0.5, 0.6) is 0 Å². The van der Waals surface area contributed by atoms with Gasteiger partial charge in [-0.2, -0.15) is 0 Å². The Morgan fingerprint density at radius 2 is 2.08 bits per heavy atom. The maximum absolute atomic E-state index is 12.7. The Labute approximate surface area is 145 Å². The monoisotopic (exact) mass is 331 g/mol. The molecule has 3 rings (SSSR count). The van der Waals surface area contributed by atoms with E-state index in [1.54, 1.807) is 0 Å². The third-order valence-corrected chi connectivity index (χ3v) is 5.12. The highest BCUT2D eigenvalue weighted by Gasteiger charge is 2.28. The highest BCUT2D eigenvalue weighted by molar-refractivity contribution is 5.96. The molecule has 1 fully saturated rings. The first-order valence-corrected chi connectivity index (χ1v) is 9.11. The fourth-order valence-electron chi connectivity index (χ4n) is 3.75. The van der Waals surface area contributed by atoms with Gasteiger partial charge in [0.1, 0.15) is 0 Å². The van der Waals surface area contributed by atoms with Crippen LogP contribution in [0.4, 0.5) is 5.69 Å². The van der Waals surface area contributed by atoms with E-state index >= 15 is 0 Å². The molecule has 0 bridgehead atoms. The van der Waals surface area contributed by atoms with Gasteiger partial charge in [-0.25, -0.2) is 0 Å². The van der Waals surface area contributed by atoms with E-state index in [0.717, 1.165) is 58.0 Å². The van der Waals surface area contributed by atoms with Crippen molar-refractivity contribution in [3.8, 4) is 0 Å². The van der Waals surface area contributed by atoms with Gasteiger partial charge in [0.2, 0.25) is 5.91 Å². The van der Waals surface area contributed by atoms with E-state index in [4.69, 9.17) is 4.74 Å². The Kier molecular flexibility index (Phi) is 5.87. The number of carbonyl (C=O) groups excluding carboxylic acids is 1. The van der Waals surface area contributed by atoms with Crippen molar-refractivity contribution < 1.29 is 9.53 Å². The van der Waals surface area contributed by atoms with Crippen LogP contribution in [-0.2, 0) is 16.0 Å². The first-order valence-electron chi connectivity index (χ1n) is 9.11. The molecule has 2 aliphatic heterocycles. The number of fused-ring (bicyclic) bond motifs is 1. The zero-order valence-corrected chi connectivity index (χ0v) is 14.9. The lowest BCUT2D eigenvalue weighted by Gasteiger charge is -2.39. The molecule has 2 heterocycles. The fourth-order valence-corrected chi connectivity index (χ4v) is 3.75. The second kappa shape index (κ2) is 8.10. The molecule has 1 amide bonds. The summed E-state index contributed by atoms with van der Waals surface area (Å²) >= 11 is 0. The smallest absolute Gasteiger partial charge is 0.241 e. The number of carbonyl (C=O) groups is 1. The molecule has 5 nitrogen and oxygen atoms in total. The lowest BCUT2D eigenvalue weighted by molar-refractivity contribution is -0.120. The van der Waals surface area contributed by atoms with Crippen LogP contribution in [0.25, 0.3) is 0 Å². The molecule has 1 aromatic carbocycles. The summed E-state index contributed by atoms with van der Waals surface area (Å²) in [6.45, 7) is 11.1. The second-order valence-corrected chi connectivity index (χ2v) is 6.74. The summed E-state index contributed by atoms with van der Waals surface area (Å²) in [6.07, 6.45) is 0.976. The van der Waals surface area contributed by atoms with Gasteiger partial charge in [0.25, 0.3) is 0 Å². The number of para-hydroxylation sites is 1. The zero-order valence-electron chi connectivity index (χ0n) is 14.9. The number of hydrogen-bond donors (Lipinski definition) is 0. The molecule has 1 saturated heterocycles. The van der Waals surface area contributed by atoms with Crippen molar-refractivity contribution in [2.75, 3.05) is 57.4 Å². The predicted molar refractivity (Wildman–Crippen MR) is 96.5 cm³/mol. The first kappa shape index (κ1) is 17.4. The molecule has 1 aromatic rings. The van der Waals surface area contributed by atoms with E-state index in [1.807, 2.05) is 17.9 Å². The molecular formula is C19H29N3O2. The number of piperazine rings is 1. The van der Waals surface area contributed by atoms with Crippen LogP contribution in [0.15, 0.2) is 24.3 Å². The third kappa shape index (κ3) is 3.97. The number of amides is 1. The molecule has 132 valence electrons. The SMILES string of the molecule is CCOCCN1CCN(CC(=O)N2CCc3ccccc32)CC1C. The second-order valence-electron chi connectivity index (χ2n) is 6.74. The van der Waals surface area contributed by atoms with Gasteiger partial charge in [-0.05, 0) is 31.9 Å². The molecule has 5 heteroatoms. The molecule has 2 aliphatic rings. The van der Waals surface area contributed by atoms with Crippen molar-refractivity contribution in [2.45, 2.75) is 26.3 Å². The number of nitrogens with zero attached hydrogens (tertiary/aromatic N) is 3. The molecule has 24 heavy (non-hydrogen) atoms. The van der Waals surface area contributed by atoms with Gasteiger partial charge in [0.15, 0.2) is 0 Å². The number of rotatable bonds is 6. The largest absolute Gasteiger partial charge is 0.380 e. The molecule has 0 aliphatic carbocycles. The summed E-state index contributed by atoms with van der Waals surface area (Å²) in [5.74, 6) is 0.231. The number of ether oxygens (including phenoxy) is 1. The lowest BCUT2D eigenvalue weighted by Crippen LogP contribution is -2.54. The summed E-state index contributed by atoms with van der Waals surface area (Å²) in [5, 5.41) is 0. The van der Waals surface area contributed by atoms with E-state index in [0.29, 0.717) is 12.6 Å². The maximum atomic E-state index is 12.7. The van der Waals surface area contributed by atoms with Crippen LogP contribution in [0.2, 0.25) is 0 Å². The maximum Gasteiger partial charge on any atom is 0.241 e. The Morgan fingerprint density at radius 3 is 2.88 bits per heavy atom. The molecule has 1 unspecified atom stereocenters. The minimum Gasteiger partial charge on any atom is -0.380 e. The molecule has 0 N–H and O–H groups in total. The fraction of sp³-hybridized carbons (Fsp3) is 0.632. The molecule has 0 radical (unpaired) electrons. The number of anilines is 1. The van der Waals surface area contributed by atoms with Crippen molar-refractivity contribution in [1.82, 2.24) is 9.80 Å². The Bertz CT molecular complexity index is 563. The van der Waals surface area contributed by atoms with Gasteiger partial charge < -0.3 is 9.64 Å². The van der Waals surface area contributed by atoms with Gasteiger partial charge in [-0.1, -0.05) is 18.2 Å². The van der Waals surface area contributed by atoms with Gasteiger partial charge in [-0.3, -0.25) is 14.6 Å². The van der Waals surface area contributed by atoms with Crippen LogP contribution >= 0.6 is 0 Å². The summed E-state index contributed by atoms with van der Waals surface area (Å²) < 4.78 is 5.46. The zero-order chi connectivity index (χ0) is 16.9. The molecular weight excluding hydrogens is 302 g/mol. The third-order valence-electron chi connectivity index (χ3n) is 5.12. The van der Waals surface area contributed by atoms with E-state index in [2.05, 4.69) is 34.9 Å². The standard InChI is InChI=1S/C19H29N3O2/c1-3-24-13-12-21-11-10-20(14-16(21)2)15-19(23)22-9-8-17-6-4-5-7-18(17)22/h4-7,16H,3,8-15H2,1-2H3. The molecule has 0 spiro atoms. The first-order chi connectivity index (χ1) is 11.7. The van der Waals surface area contributed by atoms with E-state index in [-0.39, 0.29) is 5.91 Å². The van der Waals surface area contributed by atoms with Gasteiger partial charge in [-0.15, -0.1) is 0 Å². The number of benzene rings is 1.